The summed E-state index contributed by atoms with van der Waals surface area (Å²) in [5.74, 6) is 0.894. The molecule has 0 heterocycles. The highest BCUT2D eigenvalue weighted by Crippen LogP contribution is 2.19. The van der Waals surface area contributed by atoms with Gasteiger partial charge in [0.2, 0.25) is 0 Å². The van der Waals surface area contributed by atoms with E-state index in [1.54, 1.807) is 0 Å². The van der Waals surface area contributed by atoms with Crippen LogP contribution in [0, 0.1) is 0 Å². The maximum atomic E-state index is 6.17. The molecule has 0 aliphatic heterocycles. The average Bonchev–Trinajstić information content (AvgIpc) is 2.40. The lowest BCUT2D eigenvalue weighted by Gasteiger charge is -2.19. The van der Waals surface area contributed by atoms with Crippen LogP contribution < -0.4 is 10.5 Å². The van der Waals surface area contributed by atoms with E-state index >= 15 is 0 Å². The SMILES string of the molecule is CC(CC(N)c1ccccc1)Oc1ccccc1. The van der Waals surface area contributed by atoms with E-state index in [1.165, 1.54) is 0 Å². The van der Waals surface area contributed by atoms with Crippen molar-refractivity contribution in [3.63, 3.8) is 0 Å². The van der Waals surface area contributed by atoms with Crippen LogP contribution in [0.3, 0.4) is 0 Å². The summed E-state index contributed by atoms with van der Waals surface area (Å²) in [6.45, 7) is 2.05. The molecule has 2 heteroatoms. The van der Waals surface area contributed by atoms with Crippen LogP contribution in [0.15, 0.2) is 60.7 Å². The Morgan fingerprint density at radius 1 is 0.944 bits per heavy atom. The van der Waals surface area contributed by atoms with E-state index in [0.717, 1.165) is 17.7 Å². The summed E-state index contributed by atoms with van der Waals surface area (Å²) in [7, 11) is 0. The summed E-state index contributed by atoms with van der Waals surface area (Å²) in [6.07, 6.45) is 0.904. The predicted molar refractivity (Wildman–Crippen MR) is 74.5 cm³/mol. The van der Waals surface area contributed by atoms with Crippen molar-refractivity contribution in [2.45, 2.75) is 25.5 Å². The van der Waals surface area contributed by atoms with Crippen LogP contribution in [0.25, 0.3) is 0 Å². The van der Waals surface area contributed by atoms with Crippen LogP contribution in [0.2, 0.25) is 0 Å². The van der Waals surface area contributed by atoms with E-state index in [9.17, 15) is 0 Å². The van der Waals surface area contributed by atoms with Gasteiger partial charge in [0.25, 0.3) is 0 Å². The van der Waals surface area contributed by atoms with Crippen LogP contribution >= 0.6 is 0 Å². The number of hydrogen-bond donors (Lipinski definition) is 1. The van der Waals surface area contributed by atoms with Crippen LogP contribution in [-0.4, -0.2) is 6.10 Å². The van der Waals surface area contributed by atoms with Crippen molar-refractivity contribution in [2.75, 3.05) is 0 Å². The van der Waals surface area contributed by atoms with Gasteiger partial charge in [0.1, 0.15) is 5.75 Å². The number of hydrogen-bond acceptors (Lipinski definition) is 2. The molecule has 2 aromatic carbocycles. The Hall–Kier alpha value is -1.80. The minimum absolute atomic E-state index is 0.0184. The number of benzene rings is 2. The lowest BCUT2D eigenvalue weighted by atomic mass is 10.0. The van der Waals surface area contributed by atoms with Gasteiger partial charge in [0.05, 0.1) is 6.10 Å². The molecular weight excluding hydrogens is 222 g/mol. The zero-order valence-electron chi connectivity index (χ0n) is 10.6. The third-order valence-corrected chi connectivity index (χ3v) is 2.89. The molecule has 0 spiro atoms. The minimum atomic E-state index is 0.0184. The van der Waals surface area contributed by atoms with E-state index in [1.807, 2.05) is 48.5 Å². The van der Waals surface area contributed by atoms with Gasteiger partial charge in [-0.25, -0.2) is 0 Å². The molecule has 0 bridgehead atoms. The monoisotopic (exact) mass is 241 g/mol. The van der Waals surface area contributed by atoms with E-state index in [2.05, 4.69) is 19.1 Å². The predicted octanol–water partition coefficient (Wildman–Crippen LogP) is 3.54. The highest BCUT2D eigenvalue weighted by Gasteiger charge is 2.11. The first kappa shape index (κ1) is 12.7. The third kappa shape index (κ3) is 3.60. The van der Waals surface area contributed by atoms with Gasteiger partial charge in [-0.3, -0.25) is 0 Å². The first-order valence-corrected chi connectivity index (χ1v) is 6.28. The van der Waals surface area contributed by atoms with Gasteiger partial charge in [0.15, 0.2) is 0 Å². The summed E-state index contributed by atoms with van der Waals surface area (Å²) in [5.41, 5.74) is 7.32. The molecule has 0 saturated carbocycles. The molecular formula is C16H19NO. The minimum Gasteiger partial charge on any atom is -0.491 e. The van der Waals surface area contributed by atoms with Crippen LogP contribution in [0.1, 0.15) is 24.9 Å². The molecule has 2 nitrogen and oxygen atoms in total. The number of ether oxygens (including phenoxy) is 1. The van der Waals surface area contributed by atoms with Gasteiger partial charge < -0.3 is 10.5 Å². The lowest BCUT2D eigenvalue weighted by Crippen LogP contribution is -2.21. The zero-order valence-corrected chi connectivity index (χ0v) is 10.6. The maximum Gasteiger partial charge on any atom is 0.119 e. The van der Waals surface area contributed by atoms with Gasteiger partial charge in [-0.05, 0) is 24.6 Å². The Morgan fingerprint density at radius 3 is 2.11 bits per heavy atom. The maximum absolute atomic E-state index is 6.17. The molecule has 0 amide bonds. The molecule has 2 aromatic rings. The van der Waals surface area contributed by atoms with Gasteiger partial charge in [-0.15, -0.1) is 0 Å². The smallest absolute Gasteiger partial charge is 0.119 e. The van der Waals surface area contributed by atoms with Crippen molar-refractivity contribution < 1.29 is 4.74 Å². The summed E-state index contributed by atoms with van der Waals surface area (Å²) in [4.78, 5) is 0. The summed E-state index contributed by atoms with van der Waals surface area (Å²) in [5, 5.41) is 0. The average molecular weight is 241 g/mol. The van der Waals surface area contributed by atoms with Gasteiger partial charge >= 0.3 is 0 Å². The lowest BCUT2D eigenvalue weighted by molar-refractivity contribution is 0.201. The topological polar surface area (TPSA) is 35.2 Å². The van der Waals surface area contributed by atoms with E-state index < -0.39 is 0 Å². The summed E-state index contributed by atoms with van der Waals surface area (Å²) >= 11 is 0. The van der Waals surface area contributed by atoms with Crippen LogP contribution in [0.4, 0.5) is 0 Å². The number of rotatable bonds is 5. The Kier molecular flexibility index (Phi) is 4.37. The molecule has 2 atom stereocenters. The second-order valence-corrected chi connectivity index (χ2v) is 4.49. The largest absolute Gasteiger partial charge is 0.491 e. The molecule has 0 radical (unpaired) electrons. The van der Waals surface area contributed by atoms with Crippen molar-refractivity contribution in [2.24, 2.45) is 5.73 Å². The highest BCUT2D eigenvalue weighted by atomic mass is 16.5. The molecule has 0 aromatic heterocycles. The van der Waals surface area contributed by atoms with Gasteiger partial charge in [-0.1, -0.05) is 48.5 Å². The van der Waals surface area contributed by atoms with Gasteiger partial charge in [-0.2, -0.15) is 0 Å². The fraction of sp³-hybridized carbons (Fsp3) is 0.250. The molecule has 94 valence electrons. The molecule has 2 unspecified atom stereocenters. The molecule has 2 N–H and O–H groups in total. The van der Waals surface area contributed by atoms with E-state index in [4.69, 9.17) is 10.5 Å². The summed E-state index contributed by atoms with van der Waals surface area (Å²) in [6, 6.07) is 20.0. The molecule has 18 heavy (non-hydrogen) atoms. The zero-order chi connectivity index (χ0) is 12.8. The van der Waals surface area contributed by atoms with Crippen molar-refractivity contribution in [3.8, 4) is 5.75 Å². The number of para-hydroxylation sites is 1. The Bertz CT molecular complexity index is 455. The fourth-order valence-electron chi connectivity index (χ4n) is 1.97. The Balaban J connectivity index is 1.90. The van der Waals surface area contributed by atoms with Crippen LogP contribution in [0.5, 0.6) is 5.75 Å². The molecule has 2 rings (SSSR count). The first-order valence-electron chi connectivity index (χ1n) is 6.28. The number of nitrogens with two attached hydrogens (primary N) is 1. The Labute approximate surface area is 108 Å². The first-order chi connectivity index (χ1) is 8.75. The van der Waals surface area contributed by atoms with Crippen LogP contribution in [-0.2, 0) is 0 Å². The standard InChI is InChI=1S/C16H19NO/c1-13(18-15-10-6-3-7-11-15)12-16(17)14-8-4-2-5-9-14/h2-11,13,16H,12,17H2,1H3. The normalized spacial score (nSPS) is 13.9. The van der Waals surface area contributed by atoms with Crippen molar-refractivity contribution >= 4 is 0 Å². The molecule has 0 aliphatic rings. The third-order valence-electron chi connectivity index (χ3n) is 2.89. The molecule has 0 aliphatic carbocycles. The van der Waals surface area contributed by atoms with Crippen molar-refractivity contribution in [1.29, 1.82) is 0 Å². The quantitative estimate of drug-likeness (QED) is 0.869. The highest BCUT2D eigenvalue weighted by molar-refractivity contribution is 5.22. The molecule has 0 fully saturated rings. The Morgan fingerprint density at radius 2 is 1.50 bits per heavy atom. The second kappa shape index (κ2) is 6.22. The summed E-state index contributed by atoms with van der Waals surface area (Å²) < 4.78 is 5.83. The van der Waals surface area contributed by atoms with Crippen molar-refractivity contribution in [3.05, 3.63) is 66.2 Å². The fourth-order valence-corrected chi connectivity index (χ4v) is 1.97. The van der Waals surface area contributed by atoms with Gasteiger partial charge in [0, 0.05) is 12.5 Å². The molecule has 0 saturated heterocycles. The van der Waals surface area contributed by atoms with Crippen molar-refractivity contribution in [1.82, 2.24) is 0 Å². The second-order valence-electron chi connectivity index (χ2n) is 4.49. The van der Waals surface area contributed by atoms with E-state index in [-0.39, 0.29) is 12.1 Å². The van der Waals surface area contributed by atoms with E-state index in [0.29, 0.717) is 0 Å².